The van der Waals surface area contributed by atoms with Crippen molar-refractivity contribution < 1.29 is 19.1 Å². The third-order valence-corrected chi connectivity index (χ3v) is 4.29. The molecule has 0 radical (unpaired) electrons. The van der Waals surface area contributed by atoms with E-state index < -0.39 is 24.0 Å². The molecule has 1 heterocycles. The Bertz CT molecular complexity index is 1010. The van der Waals surface area contributed by atoms with Crippen LogP contribution in [0.25, 0.3) is 10.9 Å². The number of nitrogens with one attached hydrogen (secondary N) is 1. The van der Waals surface area contributed by atoms with Crippen LogP contribution in [0.1, 0.15) is 32.8 Å². The summed E-state index contributed by atoms with van der Waals surface area (Å²) in [4.78, 5) is 53.9. The molecule has 9 nitrogen and oxygen atoms in total. The van der Waals surface area contributed by atoms with E-state index in [9.17, 15) is 19.2 Å². The summed E-state index contributed by atoms with van der Waals surface area (Å²) in [5.41, 5.74) is 0.888. The molecule has 0 aliphatic rings. The summed E-state index contributed by atoms with van der Waals surface area (Å²) in [6.07, 6.45) is 1.32. The minimum Gasteiger partial charge on any atom is -0.456 e. The van der Waals surface area contributed by atoms with Crippen molar-refractivity contribution in [3.8, 4) is 0 Å². The van der Waals surface area contributed by atoms with Gasteiger partial charge in [0.25, 0.3) is 11.5 Å². The van der Waals surface area contributed by atoms with Crippen LogP contribution in [0.15, 0.2) is 29.3 Å². The number of fused-ring (bicyclic) bond motifs is 1. The minimum absolute atomic E-state index is 0.0829. The van der Waals surface area contributed by atoms with E-state index in [0.717, 1.165) is 5.56 Å². The average molecular weight is 416 g/mol. The van der Waals surface area contributed by atoms with Crippen molar-refractivity contribution in [1.29, 1.82) is 0 Å². The zero-order chi connectivity index (χ0) is 22.5. The van der Waals surface area contributed by atoms with Gasteiger partial charge in [0.15, 0.2) is 6.61 Å². The fraction of sp³-hybridized carbons (Fsp3) is 0.476. The normalized spacial score (nSPS) is 11.2. The highest BCUT2D eigenvalue weighted by atomic mass is 16.5. The van der Waals surface area contributed by atoms with Crippen molar-refractivity contribution in [2.24, 2.45) is 0 Å². The first-order chi connectivity index (χ1) is 14.0. The summed E-state index contributed by atoms with van der Waals surface area (Å²) >= 11 is 0. The topological polar surface area (TPSA) is 111 Å². The maximum Gasteiger partial charge on any atom is 0.308 e. The van der Waals surface area contributed by atoms with E-state index in [0.29, 0.717) is 10.9 Å². The summed E-state index contributed by atoms with van der Waals surface area (Å²) in [6, 6.07) is 5.34. The number of carbonyl (C=O) groups is 3. The molecule has 1 aromatic carbocycles. The van der Waals surface area contributed by atoms with E-state index >= 15 is 0 Å². The van der Waals surface area contributed by atoms with E-state index in [1.165, 1.54) is 22.8 Å². The number of aromatic nitrogens is 2. The van der Waals surface area contributed by atoms with Gasteiger partial charge in [-0.2, -0.15) is 0 Å². The molecular formula is C21H28N4O5. The molecule has 0 saturated heterocycles. The smallest absolute Gasteiger partial charge is 0.308 e. The number of carbonyl (C=O) groups excluding carboxylic acids is 3. The number of nitrogens with zero attached hydrogens (tertiary/aromatic N) is 3. The minimum atomic E-state index is -0.618. The Labute approximate surface area is 175 Å². The zero-order valence-corrected chi connectivity index (χ0v) is 18.0. The molecule has 0 unspecified atom stereocenters. The van der Waals surface area contributed by atoms with E-state index in [-0.39, 0.29) is 31.0 Å². The largest absolute Gasteiger partial charge is 0.456 e. The number of rotatable bonds is 7. The Kier molecular flexibility index (Phi) is 7.31. The highest BCUT2D eigenvalue weighted by Gasteiger charge is 2.19. The van der Waals surface area contributed by atoms with Crippen molar-refractivity contribution >= 4 is 28.7 Å². The predicted octanol–water partition coefficient (Wildman–Crippen LogP) is 1.01. The van der Waals surface area contributed by atoms with Crippen LogP contribution in [0.5, 0.6) is 0 Å². The molecule has 2 rings (SSSR count). The van der Waals surface area contributed by atoms with Gasteiger partial charge in [-0.15, -0.1) is 0 Å². The second kappa shape index (κ2) is 9.51. The highest BCUT2D eigenvalue weighted by molar-refractivity contribution is 5.86. The Balaban J connectivity index is 1.84. The number of ether oxygens (including phenoxy) is 1. The summed E-state index contributed by atoms with van der Waals surface area (Å²) in [6.45, 7) is 6.88. The maximum absolute atomic E-state index is 12.5. The first-order valence-electron chi connectivity index (χ1n) is 9.63. The molecule has 30 heavy (non-hydrogen) atoms. The van der Waals surface area contributed by atoms with Gasteiger partial charge >= 0.3 is 5.97 Å². The number of para-hydroxylation sites is 1. The van der Waals surface area contributed by atoms with Gasteiger partial charge in [-0.05, 0) is 39.3 Å². The molecule has 1 N–H and O–H groups in total. The van der Waals surface area contributed by atoms with E-state index in [1.54, 1.807) is 12.1 Å². The first kappa shape index (κ1) is 23.1. The Morgan fingerprint density at radius 2 is 1.93 bits per heavy atom. The third-order valence-electron chi connectivity index (χ3n) is 4.29. The summed E-state index contributed by atoms with van der Waals surface area (Å²) < 4.78 is 6.32. The number of amides is 2. The van der Waals surface area contributed by atoms with Crippen LogP contribution >= 0.6 is 0 Å². The average Bonchev–Trinajstić information content (AvgIpc) is 2.64. The summed E-state index contributed by atoms with van der Waals surface area (Å²) in [5.74, 6) is -1.41. The van der Waals surface area contributed by atoms with E-state index in [2.05, 4.69) is 10.3 Å². The second-order valence-corrected chi connectivity index (χ2v) is 8.17. The molecule has 0 fully saturated rings. The van der Waals surface area contributed by atoms with Crippen LogP contribution < -0.4 is 10.9 Å². The lowest BCUT2D eigenvalue weighted by atomic mass is 10.1. The molecule has 162 valence electrons. The van der Waals surface area contributed by atoms with Crippen LogP contribution in [0, 0.1) is 6.92 Å². The zero-order valence-electron chi connectivity index (χ0n) is 18.0. The Morgan fingerprint density at radius 3 is 2.60 bits per heavy atom. The first-order valence-corrected chi connectivity index (χ1v) is 9.63. The van der Waals surface area contributed by atoms with Crippen molar-refractivity contribution in [2.45, 2.75) is 46.2 Å². The van der Waals surface area contributed by atoms with Gasteiger partial charge in [0.1, 0.15) is 0 Å². The van der Waals surface area contributed by atoms with Gasteiger partial charge in [0.05, 0.1) is 30.2 Å². The molecule has 0 aliphatic carbocycles. The number of hydrogen-bond donors (Lipinski definition) is 1. The van der Waals surface area contributed by atoms with Crippen molar-refractivity contribution in [1.82, 2.24) is 19.8 Å². The van der Waals surface area contributed by atoms with Crippen LogP contribution in [-0.4, -0.2) is 58.0 Å². The SMILES string of the molecule is Cc1cccc2c(=O)n(CCC(=O)OCC(=O)N(C)CC(=O)NC(C)(C)C)cnc12. The molecule has 0 atom stereocenters. The van der Waals surface area contributed by atoms with Gasteiger partial charge < -0.3 is 15.0 Å². The van der Waals surface area contributed by atoms with Crippen molar-refractivity contribution in [3.63, 3.8) is 0 Å². The van der Waals surface area contributed by atoms with Crippen molar-refractivity contribution in [3.05, 3.63) is 40.4 Å². The molecule has 9 heteroatoms. The summed E-state index contributed by atoms with van der Waals surface area (Å²) in [5, 5.41) is 3.23. The number of benzene rings is 1. The van der Waals surface area contributed by atoms with Crippen molar-refractivity contribution in [2.75, 3.05) is 20.2 Å². The number of esters is 1. The molecule has 0 bridgehead atoms. The quantitative estimate of drug-likeness (QED) is 0.675. The molecule has 0 aliphatic heterocycles. The molecule has 2 amide bonds. The number of hydrogen-bond acceptors (Lipinski definition) is 6. The highest BCUT2D eigenvalue weighted by Crippen LogP contribution is 2.11. The Hall–Kier alpha value is -3.23. The molecule has 1 aromatic heterocycles. The van der Waals surface area contributed by atoms with Crippen LogP contribution in [0.4, 0.5) is 0 Å². The fourth-order valence-electron chi connectivity index (χ4n) is 2.79. The second-order valence-electron chi connectivity index (χ2n) is 8.17. The summed E-state index contributed by atoms with van der Waals surface area (Å²) in [7, 11) is 1.46. The van der Waals surface area contributed by atoms with Gasteiger partial charge in [-0.3, -0.25) is 23.7 Å². The lowest BCUT2D eigenvalue weighted by Gasteiger charge is -2.23. The van der Waals surface area contributed by atoms with Crippen LogP contribution in [-0.2, 0) is 25.7 Å². The number of likely N-dealkylation sites (N-methyl/N-ethyl adjacent to an activating group) is 1. The monoisotopic (exact) mass is 416 g/mol. The molecular weight excluding hydrogens is 388 g/mol. The van der Waals surface area contributed by atoms with Gasteiger partial charge in [0, 0.05) is 19.1 Å². The standard InChI is InChI=1S/C21H28N4O5/c1-14-7-6-8-15-19(14)22-13-25(20(15)29)10-9-18(28)30-12-17(27)24(5)11-16(26)23-21(2,3)4/h6-8,13H,9-12H2,1-5H3,(H,23,26). The van der Waals surface area contributed by atoms with Crippen LogP contribution in [0.3, 0.4) is 0 Å². The lowest BCUT2D eigenvalue weighted by Crippen LogP contribution is -2.46. The Morgan fingerprint density at radius 1 is 1.23 bits per heavy atom. The van der Waals surface area contributed by atoms with Gasteiger partial charge in [-0.1, -0.05) is 12.1 Å². The van der Waals surface area contributed by atoms with Crippen LogP contribution in [0.2, 0.25) is 0 Å². The van der Waals surface area contributed by atoms with Gasteiger partial charge in [0.2, 0.25) is 5.91 Å². The molecule has 2 aromatic rings. The number of aryl methyl sites for hydroxylation is 2. The fourth-order valence-corrected chi connectivity index (χ4v) is 2.79. The molecule has 0 spiro atoms. The third kappa shape index (κ3) is 6.40. The van der Waals surface area contributed by atoms with E-state index in [1.807, 2.05) is 33.8 Å². The predicted molar refractivity (Wildman–Crippen MR) is 112 cm³/mol. The van der Waals surface area contributed by atoms with Gasteiger partial charge in [-0.25, -0.2) is 4.98 Å². The van der Waals surface area contributed by atoms with E-state index in [4.69, 9.17) is 4.74 Å². The lowest BCUT2D eigenvalue weighted by molar-refractivity contribution is -0.152. The maximum atomic E-state index is 12.5. The molecule has 0 saturated carbocycles.